The van der Waals surface area contributed by atoms with Gasteiger partial charge in [-0.2, -0.15) is 5.10 Å². The van der Waals surface area contributed by atoms with Gasteiger partial charge in [-0.15, -0.1) is 10.2 Å². The van der Waals surface area contributed by atoms with Crippen LogP contribution in [0.25, 0.3) is 17.3 Å². The number of likely N-dealkylation sites (tertiary alicyclic amines) is 1. The first kappa shape index (κ1) is 19.0. The van der Waals surface area contributed by atoms with E-state index in [1.807, 2.05) is 35.0 Å². The molecule has 0 N–H and O–H groups in total. The SMILES string of the molecule is CCC1CCCCN1C(=O)c1cccc(-n2nc(-c3nnc(C)o3)cc2C2CC2)c1. The van der Waals surface area contributed by atoms with Crippen LogP contribution >= 0.6 is 0 Å². The number of rotatable bonds is 5. The van der Waals surface area contributed by atoms with Crippen molar-refractivity contribution in [2.45, 2.75) is 64.3 Å². The summed E-state index contributed by atoms with van der Waals surface area (Å²) in [5, 5.41) is 12.8. The van der Waals surface area contributed by atoms with Crippen LogP contribution in [0.15, 0.2) is 34.7 Å². The molecule has 3 aromatic rings. The van der Waals surface area contributed by atoms with Crippen molar-refractivity contribution in [3.05, 3.63) is 47.5 Å². The van der Waals surface area contributed by atoms with Crippen molar-refractivity contribution in [1.29, 1.82) is 0 Å². The largest absolute Gasteiger partial charge is 0.420 e. The number of nitrogens with zero attached hydrogens (tertiary/aromatic N) is 5. The van der Waals surface area contributed by atoms with E-state index in [4.69, 9.17) is 9.52 Å². The summed E-state index contributed by atoms with van der Waals surface area (Å²) < 4.78 is 7.52. The summed E-state index contributed by atoms with van der Waals surface area (Å²) in [5.74, 6) is 1.56. The molecule has 2 aliphatic rings. The normalized spacial score (nSPS) is 19.3. The Bertz CT molecular complexity index is 1070. The fraction of sp³-hybridized carbons (Fsp3) is 0.478. The van der Waals surface area contributed by atoms with E-state index in [0.717, 1.165) is 55.6 Å². The molecule has 1 aromatic carbocycles. The standard InChI is InChI=1S/C23H27N5O2/c1-3-18-8-4-5-12-27(18)23(29)17-7-6-9-19(13-17)28-21(16-10-11-16)14-20(26-28)22-25-24-15(2)30-22/h6-7,9,13-14,16,18H,3-5,8,10-12H2,1-2H3. The second kappa shape index (κ2) is 7.70. The zero-order valence-corrected chi connectivity index (χ0v) is 17.5. The Morgan fingerprint density at radius 2 is 2.03 bits per heavy atom. The van der Waals surface area contributed by atoms with Gasteiger partial charge in [0.25, 0.3) is 11.8 Å². The minimum absolute atomic E-state index is 0.122. The number of piperidine rings is 1. The summed E-state index contributed by atoms with van der Waals surface area (Å²) in [7, 11) is 0. The van der Waals surface area contributed by atoms with Crippen molar-refractivity contribution in [3.8, 4) is 17.3 Å². The molecule has 156 valence electrons. The number of hydrogen-bond donors (Lipinski definition) is 0. The molecule has 1 atom stereocenters. The van der Waals surface area contributed by atoms with Crippen LogP contribution in [-0.2, 0) is 0 Å². The number of carbonyl (C=O) groups excluding carboxylic acids is 1. The van der Waals surface area contributed by atoms with Crippen LogP contribution in [0.4, 0.5) is 0 Å². The molecule has 0 spiro atoms. The Morgan fingerprint density at radius 3 is 2.77 bits per heavy atom. The molecule has 2 aromatic heterocycles. The predicted molar refractivity (Wildman–Crippen MR) is 113 cm³/mol. The number of hydrogen-bond acceptors (Lipinski definition) is 5. The van der Waals surface area contributed by atoms with Crippen LogP contribution in [-0.4, -0.2) is 43.4 Å². The lowest BCUT2D eigenvalue weighted by Crippen LogP contribution is -2.43. The topological polar surface area (TPSA) is 77.1 Å². The fourth-order valence-electron chi connectivity index (χ4n) is 4.41. The summed E-state index contributed by atoms with van der Waals surface area (Å²) >= 11 is 0. The van der Waals surface area contributed by atoms with Crippen molar-refractivity contribution >= 4 is 5.91 Å². The molecule has 30 heavy (non-hydrogen) atoms. The van der Waals surface area contributed by atoms with Crippen molar-refractivity contribution in [2.75, 3.05) is 6.54 Å². The van der Waals surface area contributed by atoms with E-state index >= 15 is 0 Å². The van der Waals surface area contributed by atoms with E-state index in [-0.39, 0.29) is 5.91 Å². The number of benzene rings is 1. The van der Waals surface area contributed by atoms with Crippen molar-refractivity contribution in [2.24, 2.45) is 0 Å². The minimum Gasteiger partial charge on any atom is -0.420 e. The lowest BCUT2D eigenvalue weighted by Gasteiger charge is -2.35. The van der Waals surface area contributed by atoms with Crippen LogP contribution < -0.4 is 0 Å². The molecule has 0 bridgehead atoms. The quantitative estimate of drug-likeness (QED) is 0.624. The molecule has 7 nitrogen and oxygen atoms in total. The van der Waals surface area contributed by atoms with Gasteiger partial charge in [-0.1, -0.05) is 13.0 Å². The Balaban J connectivity index is 1.49. The highest BCUT2D eigenvalue weighted by atomic mass is 16.4. The molecule has 1 saturated heterocycles. The number of carbonyl (C=O) groups is 1. The maximum absolute atomic E-state index is 13.3. The molecular weight excluding hydrogens is 378 g/mol. The molecule has 2 fully saturated rings. The lowest BCUT2D eigenvalue weighted by molar-refractivity contribution is 0.0608. The van der Waals surface area contributed by atoms with E-state index in [1.54, 1.807) is 6.92 Å². The highest BCUT2D eigenvalue weighted by Gasteiger charge is 2.30. The van der Waals surface area contributed by atoms with Crippen LogP contribution in [0.1, 0.15) is 73.3 Å². The third-order valence-corrected chi connectivity index (χ3v) is 6.17. The monoisotopic (exact) mass is 405 g/mol. The maximum atomic E-state index is 13.3. The second-order valence-corrected chi connectivity index (χ2v) is 8.37. The third-order valence-electron chi connectivity index (χ3n) is 6.17. The predicted octanol–water partition coefficient (Wildman–Crippen LogP) is 4.51. The van der Waals surface area contributed by atoms with Gasteiger partial charge in [-0.25, -0.2) is 4.68 Å². The third kappa shape index (κ3) is 3.53. The van der Waals surface area contributed by atoms with E-state index in [9.17, 15) is 4.79 Å². The Morgan fingerprint density at radius 1 is 1.17 bits per heavy atom. The van der Waals surface area contributed by atoms with E-state index < -0.39 is 0 Å². The van der Waals surface area contributed by atoms with Crippen LogP contribution in [0.5, 0.6) is 0 Å². The molecule has 1 unspecified atom stereocenters. The minimum atomic E-state index is 0.122. The molecule has 7 heteroatoms. The van der Waals surface area contributed by atoms with Crippen molar-refractivity contribution in [1.82, 2.24) is 24.9 Å². The summed E-state index contributed by atoms with van der Waals surface area (Å²) in [5.41, 5.74) is 3.43. The zero-order chi connectivity index (χ0) is 20.7. The lowest BCUT2D eigenvalue weighted by atomic mass is 9.99. The number of amides is 1. The van der Waals surface area contributed by atoms with Crippen molar-refractivity contribution in [3.63, 3.8) is 0 Å². The molecule has 0 radical (unpaired) electrons. The Hall–Kier alpha value is -2.96. The molecule has 5 rings (SSSR count). The van der Waals surface area contributed by atoms with E-state index in [0.29, 0.717) is 29.4 Å². The zero-order valence-electron chi connectivity index (χ0n) is 17.5. The number of aromatic nitrogens is 4. The van der Waals surface area contributed by atoms with E-state index in [1.165, 1.54) is 6.42 Å². The molecular formula is C23H27N5O2. The van der Waals surface area contributed by atoms with E-state index in [2.05, 4.69) is 22.0 Å². The number of aryl methyl sites for hydroxylation is 1. The highest BCUT2D eigenvalue weighted by molar-refractivity contribution is 5.95. The summed E-state index contributed by atoms with van der Waals surface area (Å²) in [4.78, 5) is 15.3. The van der Waals surface area contributed by atoms with Gasteiger partial charge in [0.15, 0.2) is 0 Å². The molecule has 1 aliphatic heterocycles. The van der Waals surface area contributed by atoms with Gasteiger partial charge >= 0.3 is 0 Å². The Labute approximate surface area is 176 Å². The maximum Gasteiger partial charge on any atom is 0.268 e. The summed E-state index contributed by atoms with van der Waals surface area (Å²) in [6.45, 7) is 4.78. The van der Waals surface area contributed by atoms with Gasteiger partial charge in [0.05, 0.1) is 5.69 Å². The average molecular weight is 406 g/mol. The first-order chi connectivity index (χ1) is 14.6. The highest BCUT2D eigenvalue weighted by Crippen LogP contribution is 2.42. The van der Waals surface area contributed by atoms with Gasteiger partial charge < -0.3 is 9.32 Å². The first-order valence-electron chi connectivity index (χ1n) is 11.0. The van der Waals surface area contributed by atoms with Gasteiger partial charge in [0.2, 0.25) is 5.89 Å². The van der Waals surface area contributed by atoms with Crippen molar-refractivity contribution < 1.29 is 9.21 Å². The average Bonchev–Trinajstić information content (AvgIpc) is 3.38. The van der Waals surface area contributed by atoms with Gasteiger partial charge in [0, 0.05) is 36.7 Å². The molecule has 1 amide bonds. The Kier molecular flexibility index (Phi) is 4.89. The van der Waals surface area contributed by atoms with Crippen LogP contribution in [0, 0.1) is 6.92 Å². The van der Waals surface area contributed by atoms with Gasteiger partial charge in [-0.05, 0) is 62.8 Å². The van der Waals surface area contributed by atoms with Gasteiger partial charge in [0.1, 0.15) is 5.69 Å². The molecule has 1 saturated carbocycles. The smallest absolute Gasteiger partial charge is 0.268 e. The molecule has 3 heterocycles. The van der Waals surface area contributed by atoms with Crippen LogP contribution in [0.3, 0.4) is 0 Å². The first-order valence-corrected chi connectivity index (χ1v) is 11.0. The van der Waals surface area contributed by atoms with Gasteiger partial charge in [-0.3, -0.25) is 4.79 Å². The summed E-state index contributed by atoms with van der Waals surface area (Å²) in [6.07, 6.45) is 6.69. The second-order valence-electron chi connectivity index (χ2n) is 8.37. The van der Waals surface area contributed by atoms with Crippen LogP contribution in [0.2, 0.25) is 0 Å². The molecule has 1 aliphatic carbocycles. The fourth-order valence-corrected chi connectivity index (χ4v) is 4.41. The summed E-state index contributed by atoms with van der Waals surface area (Å²) in [6, 6.07) is 10.2.